The Labute approximate surface area is 190 Å². The smallest absolute Gasteiger partial charge is 0.408 e. The van der Waals surface area contributed by atoms with Gasteiger partial charge in [-0.25, -0.2) is 0 Å². The van der Waals surface area contributed by atoms with Gasteiger partial charge in [-0.15, -0.1) is 0 Å². The first-order chi connectivity index (χ1) is 15.6. The quantitative estimate of drug-likeness (QED) is 0.567. The van der Waals surface area contributed by atoms with Crippen LogP contribution in [0.5, 0.6) is 23.0 Å². The Morgan fingerprint density at radius 3 is 2.15 bits per heavy atom. The largest absolute Gasteiger partial charge is 0.493 e. The van der Waals surface area contributed by atoms with Gasteiger partial charge in [0.1, 0.15) is 18.0 Å². The monoisotopic (exact) mass is 485 g/mol. The van der Waals surface area contributed by atoms with Gasteiger partial charge in [-0.05, 0) is 36.4 Å². The molecule has 11 heteroatoms. The van der Waals surface area contributed by atoms with Crippen molar-refractivity contribution in [1.82, 2.24) is 3.89 Å². The van der Waals surface area contributed by atoms with Gasteiger partial charge in [0.15, 0.2) is 22.9 Å². The molecular formula is C22H24F3N2O5S+. The van der Waals surface area contributed by atoms with Gasteiger partial charge in [-0.2, -0.15) is 25.5 Å². The lowest BCUT2D eigenvalue weighted by Crippen LogP contribution is -2.58. The number of methoxy groups -OCH3 is 2. The molecule has 2 aromatic carbocycles. The minimum Gasteiger partial charge on any atom is -0.493 e. The number of alkyl halides is 3. The van der Waals surface area contributed by atoms with Crippen molar-refractivity contribution in [2.75, 3.05) is 33.1 Å². The summed E-state index contributed by atoms with van der Waals surface area (Å²) in [5.74, 6) is -0.568. The van der Waals surface area contributed by atoms with E-state index in [1.165, 1.54) is 50.6 Å². The molecule has 0 fully saturated rings. The molecule has 2 aromatic rings. The average Bonchev–Trinajstić information content (AvgIpc) is 2.77. The van der Waals surface area contributed by atoms with Gasteiger partial charge in [0.05, 0.1) is 20.8 Å². The summed E-state index contributed by atoms with van der Waals surface area (Å²) in [6.07, 6.45) is -0.402. The molecule has 1 atom stereocenters. The molecule has 2 N–H and O–H groups in total. The van der Waals surface area contributed by atoms with Crippen molar-refractivity contribution >= 4 is 15.7 Å². The molecule has 0 aromatic heterocycles. The number of quaternary nitrogens is 1. The number of para-hydroxylation sites is 1. The Morgan fingerprint density at radius 2 is 1.64 bits per heavy atom. The topological polar surface area (TPSA) is 87.9 Å². The molecule has 1 heterocycles. The SMILES string of the molecule is COc1cccc(OC)c1Oc1ccc([N+]2(S(=O)(=O)CC(F)(F)F)CC=CC=C2CN)cc1. The zero-order chi connectivity index (χ0) is 24.3. The summed E-state index contributed by atoms with van der Waals surface area (Å²) in [6.45, 7) is -0.458. The van der Waals surface area contributed by atoms with Crippen molar-refractivity contribution in [2.24, 2.45) is 5.73 Å². The lowest BCUT2D eigenvalue weighted by atomic mass is 10.2. The number of ether oxygens (including phenoxy) is 3. The number of nitrogens with two attached hydrogens (primary N) is 1. The van der Waals surface area contributed by atoms with Crippen LogP contribution in [-0.2, 0) is 10.0 Å². The Bertz CT molecular complexity index is 1140. The molecule has 0 aliphatic carbocycles. The van der Waals surface area contributed by atoms with E-state index in [-0.39, 0.29) is 24.5 Å². The van der Waals surface area contributed by atoms with Crippen molar-refractivity contribution < 1.29 is 35.8 Å². The normalized spacial score (nSPS) is 18.5. The van der Waals surface area contributed by atoms with E-state index in [2.05, 4.69) is 0 Å². The fourth-order valence-electron chi connectivity index (χ4n) is 3.67. The van der Waals surface area contributed by atoms with Gasteiger partial charge in [-0.1, -0.05) is 12.1 Å². The van der Waals surface area contributed by atoms with Gasteiger partial charge >= 0.3 is 16.2 Å². The van der Waals surface area contributed by atoms with Gasteiger partial charge in [0.25, 0.3) is 0 Å². The first-order valence-electron chi connectivity index (χ1n) is 9.81. The number of nitrogens with zero attached hydrogens (tertiary/aromatic N) is 1. The third-order valence-electron chi connectivity index (χ3n) is 5.14. The van der Waals surface area contributed by atoms with Crippen LogP contribution in [0.1, 0.15) is 0 Å². The Morgan fingerprint density at radius 1 is 1.03 bits per heavy atom. The highest BCUT2D eigenvalue weighted by Crippen LogP contribution is 2.42. The third kappa shape index (κ3) is 4.85. The maximum atomic E-state index is 13.2. The fraction of sp³-hybridized carbons (Fsp3) is 0.273. The van der Waals surface area contributed by atoms with Crippen LogP contribution in [0.15, 0.2) is 66.4 Å². The highest BCUT2D eigenvalue weighted by Gasteiger charge is 2.52. The molecule has 1 aliphatic rings. The minimum atomic E-state index is -4.91. The van der Waals surface area contributed by atoms with Crippen molar-refractivity contribution in [2.45, 2.75) is 6.18 Å². The number of sulfonamides is 1. The van der Waals surface area contributed by atoms with Crippen LogP contribution in [-0.4, -0.2) is 47.7 Å². The molecule has 0 saturated carbocycles. The van der Waals surface area contributed by atoms with E-state index in [1.807, 2.05) is 0 Å². The summed E-state index contributed by atoms with van der Waals surface area (Å²) in [4.78, 5) is 0. The number of rotatable bonds is 8. The third-order valence-corrected chi connectivity index (χ3v) is 7.37. The van der Waals surface area contributed by atoms with Gasteiger partial charge in [0, 0.05) is 12.1 Å². The maximum Gasteiger partial charge on any atom is 0.408 e. The van der Waals surface area contributed by atoms with E-state index < -0.39 is 25.8 Å². The Hall–Kier alpha value is -3.02. The lowest BCUT2D eigenvalue weighted by molar-refractivity contribution is -0.106. The summed E-state index contributed by atoms with van der Waals surface area (Å²) < 4.78 is 81.1. The number of allylic oxidation sites excluding steroid dienone is 2. The van der Waals surface area contributed by atoms with Crippen LogP contribution in [0.3, 0.4) is 0 Å². The predicted molar refractivity (Wildman–Crippen MR) is 119 cm³/mol. The molecule has 1 aliphatic heterocycles. The molecule has 0 spiro atoms. The highest BCUT2D eigenvalue weighted by atomic mass is 32.2. The molecule has 0 radical (unpaired) electrons. The molecule has 178 valence electrons. The van der Waals surface area contributed by atoms with Gasteiger partial charge in [-0.3, -0.25) is 0 Å². The molecule has 33 heavy (non-hydrogen) atoms. The number of benzene rings is 2. The molecule has 0 saturated heterocycles. The van der Waals surface area contributed by atoms with Crippen LogP contribution in [0, 0.1) is 0 Å². The Balaban J connectivity index is 2.05. The molecule has 0 bridgehead atoms. The molecular weight excluding hydrogens is 461 g/mol. The van der Waals surface area contributed by atoms with Crippen LogP contribution >= 0.6 is 0 Å². The maximum absolute atomic E-state index is 13.2. The van der Waals surface area contributed by atoms with E-state index in [0.717, 1.165) is 0 Å². The molecule has 0 amide bonds. The summed E-state index contributed by atoms with van der Waals surface area (Å²) in [7, 11) is -1.84. The summed E-state index contributed by atoms with van der Waals surface area (Å²) in [5, 5.41) is 0. The van der Waals surface area contributed by atoms with Crippen LogP contribution in [0.25, 0.3) is 0 Å². The molecule has 3 rings (SSSR count). The van der Waals surface area contributed by atoms with Gasteiger partial charge in [0.2, 0.25) is 5.75 Å². The minimum absolute atomic E-state index is 0.111. The lowest BCUT2D eigenvalue weighted by Gasteiger charge is -2.38. The summed E-state index contributed by atoms with van der Waals surface area (Å²) >= 11 is 0. The van der Waals surface area contributed by atoms with Crippen LogP contribution in [0.2, 0.25) is 0 Å². The van der Waals surface area contributed by atoms with Crippen molar-refractivity contribution in [3.05, 3.63) is 66.4 Å². The van der Waals surface area contributed by atoms with E-state index in [1.54, 1.807) is 24.3 Å². The molecule has 7 nitrogen and oxygen atoms in total. The van der Waals surface area contributed by atoms with Crippen molar-refractivity contribution in [3.8, 4) is 23.0 Å². The van der Waals surface area contributed by atoms with E-state index >= 15 is 0 Å². The Kier molecular flexibility index (Phi) is 7.06. The first kappa shape index (κ1) is 24.6. The predicted octanol–water partition coefficient (Wildman–Crippen LogP) is 4.11. The number of hydrogen-bond donors (Lipinski definition) is 1. The second-order valence-corrected chi connectivity index (χ2v) is 9.22. The van der Waals surface area contributed by atoms with Crippen molar-refractivity contribution in [1.29, 1.82) is 0 Å². The van der Waals surface area contributed by atoms with Crippen molar-refractivity contribution in [3.63, 3.8) is 0 Å². The fourth-order valence-corrected chi connectivity index (χ4v) is 5.56. The second-order valence-electron chi connectivity index (χ2n) is 7.14. The molecule has 1 unspecified atom stereocenters. The van der Waals surface area contributed by atoms with E-state index in [9.17, 15) is 21.6 Å². The van der Waals surface area contributed by atoms with E-state index in [4.69, 9.17) is 19.9 Å². The standard InChI is InChI=1S/C22H24F3N2O5S/c1-30-19-7-5-8-20(31-2)21(19)32-18-11-9-16(10-12-18)27(13-4-3-6-17(27)14-26)33(28,29)15-22(23,24)25/h3-12H,13-15,26H2,1-2H3/q+1. The van der Waals surface area contributed by atoms with Gasteiger partial charge < -0.3 is 19.9 Å². The first-order valence-corrected chi connectivity index (χ1v) is 11.4. The van der Waals surface area contributed by atoms with Crippen LogP contribution in [0.4, 0.5) is 18.9 Å². The summed E-state index contributed by atoms with van der Waals surface area (Å²) in [5.41, 5.74) is 5.99. The van der Waals surface area contributed by atoms with E-state index in [0.29, 0.717) is 23.0 Å². The second kappa shape index (κ2) is 9.46. The zero-order valence-corrected chi connectivity index (χ0v) is 18.8. The average molecular weight is 486 g/mol. The summed E-state index contributed by atoms with van der Waals surface area (Å²) in [6, 6.07) is 10.8. The highest BCUT2D eigenvalue weighted by molar-refractivity contribution is 7.91. The number of hydrogen-bond acceptors (Lipinski definition) is 6. The zero-order valence-electron chi connectivity index (χ0n) is 18.0. The van der Waals surface area contributed by atoms with Crippen LogP contribution < -0.4 is 23.8 Å². The number of halogens is 3.